The highest BCUT2D eigenvalue weighted by Gasteiger charge is 2.10. The second-order valence-electron chi connectivity index (χ2n) is 3.64. The molecule has 0 aliphatic rings. The number of anilines is 1. The normalized spacial score (nSPS) is 10.7. The average Bonchev–Trinajstić information content (AvgIpc) is 2.29. The lowest BCUT2D eigenvalue weighted by Crippen LogP contribution is -2.32. The van der Waals surface area contributed by atoms with E-state index in [2.05, 4.69) is 0 Å². The van der Waals surface area contributed by atoms with Crippen molar-refractivity contribution >= 4 is 11.5 Å². The molecule has 1 aromatic carbocycles. The number of benzene rings is 1. The average molecular weight is 222 g/mol. The second-order valence-corrected chi connectivity index (χ2v) is 3.64. The van der Waals surface area contributed by atoms with E-state index in [1.165, 1.54) is 0 Å². The van der Waals surface area contributed by atoms with Gasteiger partial charge in [-0.15, -0.1) is 0 Å². The van der Waals surface area contributed by atoms with Crippen LogP contribution >= 0.6 is 0 Å². The van der Waals surface area contributed by atoms with E-state index in [1.807, 2.05) is 11.8 Å². The molecule has 0 spiro atoms. The molecule has 0 radical (unpaired) electrons. The molecule has 0 atom stereocenters. The minimum atomic E-state index is 0.0512. The summed E-state index contributed by atoms with van der Waals surface area (Å²) >= 11 is 0. The van der Waals surface area contributed by atoms with Gasteiger partial charge in [-0.2, -0.15) is 0 Å². The molecule has 4 heteroatoms. The quantitative estimate of drug-likeness (QED) is 0.551. The largest absolute Gasteiger partial charge is 0.399 e. The monoisotopic (exact) mass is 222 g/mol. The Morgan fingerprint density at radius 2 is 2.00 bits per heavy atom. The standard InChI is InChI=1S/C12H18N2O2/c1-2-14(7-8-15)9-12(16)10-3-5-11(13)6-4-10/h3-6,15H,2,7-9,13H2,1H3. The lowest BCUT2D eigenvalue weighted by atomic mass is 10.1. The molecule has 0 saturated carbocycles. The van der Waals surface area contributed by atoms with E-state index in [1.54, 1.807) is 24.3 Å². The Morgan fingerprint density at radius 3 is 2.50 bits per heavy atom. The summed E-state index contributed by atoms with van der Waals surface area (Å²) in [5.41, 5.74) is 6.86. The Balaban J connectivity index is 2.60. The van der Waals surface area contributed by atoms with E-state index in [-0.39, 0.29) is 12.4 Å². The molecule has 16 heavy (non-hydrogen) atoms. The second kappa shape index (κ2) is 6.25. The van der Waals surface area contributed by atoms with Crippen molar-refractivity contribution < 1.29 is 9.90 Å². The zero-order chi connectivity index (χ0) is 12.0. The van der Waals surface area contributed by atoms with Crippen LogP contribution in [0.3, 0.4) is 0 Å². The molecular formula is C12H18N2O2. The minimum absolute atomic E-state index is 0.0512. The Morgan fingerprint density at radius 1 is 1.38 bits per heavy atom. The van der Waals surface area contributed by atoms with Crippen LogP contribution < -0.4 is 5.73 Å². The number of ketones is 1. The third-order valence-corrected chi connectivity index (χ3v) is 2.46. The summed E-state index contributed by atoms with van der Waals surface area (Å²) in [5, 5.41) is 8.82. The van der Waals surface area contributed by atoms with E-state index >= 15 is 0 Å². The zero-order valence-electron chi connectivity index (χ0n) is 9.52. The Kier molecular flexibility index (Phi) is 4.95. The van der Waals surface area contributed by atoms with E-state index in [4.69, 9.17) is 10.8 Å². The number of likely N-dealkylation sites (N-methyl/N-ethyl adjacent to an activating group) is 1. The van der Waals surface area contributed by atoms with Gasteiger partial charge in [0.2, 0.25) is 0 Å². The number of aliphatic hydroxyl groups is 1. The SMILES string of the molecule is CCN(CCO)CC(=O)c1ccc(N)cc1. The van der Waals surface area contributed by atoms with Crippen molar-refractivity contribution in [2.24, 2.45) is 0 Å². The molecule has 0 aromatic heterocycles. The number of nitrogens with two attached hydrogens (primary N) is 1. The van der Waals surface area contributed by atoms with Crippen molar-refractivity contribution in [3.63, 3.8) is 0 Å². The summed E-state index contributed by atoms with van der Waals surface area (Å²) in [4.78, 5) is 13.7. The van der Waals surface area contributed by atoms with Crippen molar-refractivity contribution in [1.29, 1.82) is 0 Å². The van der Waals surface area contributed by atoms with Crippen LogP contribution in [-0.2, 0) is 0 Å². The summed E-state index contributed by atoms with van der Waals surface area (Å²) in [6, 6.07) is 6.89. The molecule has 0 bridgehead atoms. The third-order valence-electron chi connectivity index (χ3n) is 2.46. The van der Waals surface area contributed by atoms with Gasteiger partial charge in [0, 0.05) is 17.8 Å². The fourth-order valence-electron chi connectivity index (χ4n) is 1.45. The van der Waals surface area contributed by atoms with Crippen LogP contribution in [0.25, 0.3) is 0 Å². The van der Waals surface area contributed by atoms with Crippen LogP contribution in [0.5, 0.6) is 0 Å². The van der Waals surface area contributed by atoms with Gasteiger partial charge in [0.25, 0.3) is 0 Å². The van der Waals surface area contributed by atoms with Crippen LogP contribution in [0.2, 0.25) is 0 Å². The first-order valence-electron chi connectivity index (χ1n) is 5.39. The van der Waals surface area contributed by atoms with Gasteiger partial charge in [0.05, 0.1) is 13.2 Å². The third kappa shape index (κ3) is 3.64. The van der Waals surface area contributed by atoms with Gasteiger partial charge >= 0.3 is 0 Å². The summed E-state index contributed by atoms with van der Waals surface area (Å²) in [7, 11) is 0. The van der Waals surface area contributed by atoms with Gasteiger partial charge in [-0.3, -0.25) is 9.69 Å². The molecule has 0 heterocycles. The molecule has 1 rings (SSSR count). The number of Topliss-reactive ketones (excluding diaryl/α,β-unsaturated/α-hetero) is 1. The summed E-state index contributed by atoms with van der Waals surface area (Å²) in [6.45, 7) is 3.65. The van der Waals surface area contributed by atoms with E-state index in [0.29, 0.717) is 24.3 Å². The topological polar surface area (TPSA) is 66.6 Å². The van der Waals surface area contributed by atoms with Crippen molar-refractivity contribution in [1.82, 2.24) is 4.90 Å². The molecule has 0 saturated heterocycles. The van der Waals surface area contributed by atoms with Crippen molar-refractivity contribution in [3.8, 4) is 0 Å². The molecule has 0 amide bonds. The number of nitrogen functional groups attached to an aromatic ring is 1. The lowest BCUT2D eigenvalue weighted by Gasteiger charge is -2.17. The number of rotatable bonds is 6. The van der Waals surface area contributed by atoms with Gasteiger partial charge < -0.3 is 10.8 Å². The maximum absolute atomic E-state index is 11.8. The minimum Gasteiger partial charge on any atom is -0.399 e. The molecule has 0 unspecified atom stereocenters. The van der Waals surface area contributed by atoms with Gasteiger partial charge in [0.1, 0.15) is 0 Å². The van der Waals surface area contributed by atoms with Gasteiger partial charge in [-0.1, -0.05) is 6.92 Å². The Hall–Kier alpha value is -1.39. The van der Waals surface area contributed by atoms with Gasteiger partial charge in [-0.25, -0.2) is 0 Å². The first-order valence-corrected chi connectivity index (χ1v) is 5.39. The zero-order valence-corrected chi connectivity index (χ0v) is 9.52. The highest BCUT2D eigenvalue weighted by molar-refractivity contribution is 5.97. The molecule has 1 aromatic rings. The predicted octanol–water partition coefficient (Wildman–Crippen LogP) is 0.766. The summed E-state index contributed by atoms with van der Waals surface area (Å²) < 4.78 is 0. The number of carbonyl (C=O) groups is 1. The van der Waals surface area contributed by atoms with Crippen molar-refractivity contribution in [2.45, 2.75) is 6.92 Å². The number of aliphatic hydroxyl groups excluding tert-OH is 1. The van der Waals surface area contributed by atoms with Crippen LogP contribution in [0.1, 0.15) is 17.3 Å². The summed E-state index contributed by atoms with van der Waals surface area (Å²) in [5.74, 6) is 0.0512. The molecule has 4 nitrogen and oxygen atoms in total. The number of hydrogen-bond acceptors (Lipinski definition) is 4. The predicted molar refractivity (Wildman–Crippen MR) is 64.4 cm³/mol. The molecule has 0 fully saturated rings. The van der Waals surface area contributed by atoms with Gasteiger partial charge in [-0.05, 0) is 30.8 Å². The van der Waals surface area contributed by atoms with Crippen LogP contribution in [0.4, 0.5) is 5.69 Å². The maximum atomic E-state index is 11.8. The first kappa shape index (κ1) is 12.7. The van der Waals surface area contributed by atoms with Gasteiger partial charge in [0.15, 0.2) is 5.78 Å². The van der Waals surface area contributed by atoms with Crippen LogP contribution in [0, 0.1) is 0 Å². The van der Waals surface area contributed by atoms with Crippen molar-refractivity contribution in [2.75, 3.05) is 32.0 Å². The molecule has 0 aliphatic heterocycles. The van der Waals surface area contributed by atoms with E-state index in [9.17, 15) is 4.79 Å². The smallest absolute Gasteiger partial charge is 0.176 e. The summed E-state index contributed by atoms with van der Waals surface area (Å²) in [6.07, 6.45) is 0. The Bertz CT molecular complexity index is 335. The Labute approximate surface area is 95.7 Å². The molecule has 3 N–H and O–H groups in total. The first-order chi connectivity index (χ1) is 7.67. The van der Waals surface area contributed by atoms with Crippen LogP contribution in [-0.4, -0.2) is 42.0 Å². The number of nitrogens with zero attached hydrogens (tertiary/aromatic N) is 1. The van der Waals surface area contributed by atoms with E-state index < -0.39 is 0 Å². The van der Waals surface area contributed by atoms with E-state index in [0.717, 1.165) is 6.54 Å². The lowest BCUT2D eigenvalue weighted by molar-refractivity contribution is 0.0919. The highest BCUT2D eigenvalue weighted by atomic mass is 16.3. The number of carbonyl (C=O) groups excluding carboxylic acids is 1. The van der Waals surface area contributed by atoms with Crippen molar-refractivity contribution in [3.05, 3.63) is 29.8 Å². The van der Waals surface area contributed by atoms with Crippen LogP contribution in [0.15, 0.2) is 24.3 Å². The fourth-order valence-corrected chi connectivity index (χ4v) is 1.45. The number of hydrogen-bond donors (Lipinski definition) is 2. The molecule has 0 aliphatic carbocycles. The fraction of sp³-hybridized carbons (Fsp3) is 0.417. The molecular weight excluding hydrogens is 204 g/mol. The molecule has 88 valence electrons. The highest BCUT2D eigenvalue weighted by Crippen LogP contribution is 2.07. The maximum Gasteiger partial charge on any atom is 0.176 e.